The number of halogens is 6. The third kappa shape index (κ3) is 5.33. The number of aryl methyl sites for hydroxylation is 1. The number of hydrogen-bond donors (Lipinski definition) is 0. The molecule has 0 spiro atoms. The van der Waals surface area contributed by atoms with Gasteiger partial charge in [0.05, 0.1) is 12.2 Å². The van der Waals surface area contributed by atoms with Gasteiger partial charge in [-0.3, -0.25) is 0 Å². The van der Waals surface area contributed by atoms with E-state index in [0.717, 1.165) is 6.07 Å². The highest BCUT2D eigenvalue weighted by molar-refractivity contribution is 5.84. The fraction of sp³-hybridized carbons (Fsp3) is 0.143. The maximum Gasteiger partial charge on any atom is 0.195 e. The van der Waals surface area contributed by atoms with Crippen molar-refractivity contribution in [2.24, 2.45) is 0 Å². The first-order chi connectivity index (χ1) is 16.8. The SMILES string of the molecule is COCc1cc(F)c(CCc2ccc(C#Cc3ccc4c(F)c(F)c(F)cc4c3)c(F)c2)c(F)c1. The minimum absolute atomic E-state index is 0.0419. The Labute approximate surface area is 198 Å². The summed E-state index contributed by atoms with van der Waals surface area (Å²) in [6.07, 6.45) is 0.251. The van der Waals surface area contributed by atoms with Crippen molar-refractivity contribution in [1.82, 2.24) is 0 Å². The summed E-state index contributed by atoms with van der Waals surface area (Å²) in [4.78, 5) is 0. The number of ether oxygens (including phenoxy) is 1. The predicted octanol–water partition coefficient (Wildman–Crippen LogP) is 7.01. The van der Waals surface area contributed by atoms with E-state index in [0.29, 0.717) is 16.7 Å². The third-order valence-corrected chi connectivity index (χ3v) is 5.52. The lowest BCUT2D eigenvalue weighted by Crippen LogP contribution is -2.02. The molecule has 4 aromatic carbocycles. The molecule has 0 aliphatic carbocycles. The van der Waals surface area contributed by atoms with E-state index in [1.165, 1.54) is 49.6 Å². The monoisotopic (exact) mass is 484 g/mol. The normalized spacial score (nSPS) is 10.9. The number of fused-ring (bicyclic) bond motifs is 1. The molecule has 0 unspecified atom stereocenters. The van der Waals surface area contributed by atoms with Crippen LogP contribution in [-0.2, 0) is 24.2 Å². The average molecular weight is 484 g/mol. The summed E-state index contributed by atoms with van der Waals surface area (Å²) in [6, 6.07) is 11.7. The van der Waals surface area contributed by atoms with E-state index in [2.05, 4.69) is 11.8 Å². The molecule has 4 aromatic rings. The molecule has 178 valence electrons. The van der Waals surface area contributed by atoms with Crippen LogP contribution in [0.15, 0.2) is 54.6 Å². The molecule has 0 aromatic heterocycles. The molecule has 0 aliphatic heterocycles. The molecule has 0 heterocycles. The van der Waals surface area contributed by atoms with Gasteiger partial charge in [0.15, 0.2) is 17.5 Å². The molecule has 0 bridgehead atoms. The zero-order chi connectivity index (χ0) is 25.1. The van der Waals surface area contributed by atoms with Crippen molar-refractivity contribution < 1.29 is 31.1 Å². The summed E-state index contributed by atoms with van der Waals surface area (Å²) in [6.45, 7) is 0.0906. The lowest BCUT2D eigenvalue weighted by molar-refractivity contribution is 0.184. The van der Waals surface area contributed by atoms with Gasteiger partial charge in [-0.05, 0) is 71.8 Å². The summed E-state index contributed by atoms with van der Waals surface area (Å²) < 4.78 is 88.7. The highest BCUT2D eigenvalue weighted by Crippen LogP contribution is 2.24. The van der Waals surface area contributed by atoms with Gasteiger partial charge in [0.25, 0.3) is 0 Å². The second-order valence-electron chi connectivity index (χ2n) is 7.96. The van der Waals surface area contributed by atoms with Crippen molar-refractivity contribution in [2.75, 3.05) is 7.11 Å². The molecule has 7 heteroatoms. The van der Waals surface area contributed by atoms with E-state index in [1.54, 1.807) is 6.07 Å². The molecule has 0 amide bonds. The Morgan fingerprint density at radius 2 is 1.37 bits per heavy atom. The number of rotatable bonds is 5. The maximum absolute atomic E-state index is 14.6. The van der Waals surface area contributed by atoms with Gasteiger partial charge in [0, 0.05) is 23.6 Å². The zero-order valence-electron chi connectivity index (χ0n) is 18.5. The van der Waals surface area contributed by atoms with Crippen LogP contribution in [-0.4, -0.2) is 7.11 Å². The molecule has 0 atom stereocenters. The van der Waals surface area contributed by atoms with E-state index in [-0.39, 0.29) is 41.3 Å². The Morgan fingerprint density at radius 1 is 0.657 bits per heavy atom. The van der Waals surface area contributed by atoms with Crippen LogP contribution in [0.1, 0.15) is 27.8 Å². The largest absolute Gasteiger partial charge is 0.380 e. The van der Waals surface area contributed by atoms with Crippen molar-refractivity contribution in [3.05, 3.63) is 117 Å². The minimum atomic E-state index is -1.55. The second-order valence-corrected chi connectivity index (χ2v) is 7.96. The quantitative estimate of drug-likeness (QED) is 0.168. The molecule has 0 N–H and O–H groups in total. The fourth-order valence-corrected chi connectivity index (χ4v) is 3.75. The van der Waals surface area contributed by atoms with E-state index in [1.807, 2.05) is 0 Å². The smallest absolute Gasteiger partial charge is 0.195 e. The molecule has 1 nitrogen and oxygen atoms in total. The first-order valence-corrected chi connectivity index (χ1v) is 10.6. The summed E-state index contributed by atoms with van der Waals surface area (Å²) in [5.74, 6) is -0.760. The van der Waals surface area contributed by atoms with Crippen LogP contribution in [0.25, 0.3) is 10.8 Å². The first kappa shape index (κ1) is 24.4. The minimum Gasteiger partial charge on any atom is -0.380 e. The summed E-state index contributed by atoms with van der Waals surface area (Å²) >= 11 is 0. The van der Waals surface area contributed by atoms with Crippen LogP contribution in [0.3, 0.4) is 0 Å². The zero-order valence-corrected chi connectivity index (χ0v) is 18.5. The summed E-state index contributed by atoms with van der Waals surface area (Å²) in [5, 5.41) is 0.0323. The highest BCUT2D eigenvalue weighted by Gasteiger charge is 2.14. The van der Waals surface area contributed by atoms with Gasteiger partial charge in [-0.1, -0.05) is 24.0 Å². The average Bonchev–Trinajstić information content (AvgIpc) is 2.81. The molecular weight excluding hydrogens is 466 g/mol. The van der Waals surface area contributed by atoms with Crippen LogP contribution in [0.2, 0.25) is 0 Å². The number of benzene rings is 4. The van der Waals surface area contributed by atoms with Crippen molar-refractivity contribution in [1.29, 1.82) is 0 Å². The van der Waals surface area contributed by atoms with Crippen molar-refractivity contribution in [3.8, 4) is 11.8 Å². The van der Waals surface area contributed by atoms with Crippen LogP contribution in [0.4, 0.5) is 26.3 Å². The lowest BCUT2D eigenvalue weighted by Gasteiger charge is -2.08. The van der Waals surface area contributed by atoms with Crippen LogP contribution >= 0.6 is 0 Å². The van der Waals surface area contributed by atoms with Gasteiger partial charge in [-0.25, -0.2) is 26.3 Å². The first-order valence-electron chi connectivity index (χ1n) is 10.6. The molecule has 35 heavy (non-hydrogen) atoms. The van der Waals surface area contributed by atoms with Gasteiger partial charge in [0.1, 0.15) is 17.5 Å². The van der Waals surface area contributed by atoms with E-state index < -0.39 is 34.9 Å². The molecule has 0 saturated heterocycles. The Bertz CT molecular complexity index is 1460. The Hall–Kier alpha value is -3.76. The maximum atomic E-state index is 14.6. The van der Waals surface area contributed by atoms with E-state index in [9.17, 15) is 26.3 Å². The van der Waals surface area contributed by atoms with Gasteiger partial charge in [-0.15, -0.1) is 0 Å². The standard InChI is InChI=1S/C28H18F6O/c1-35-15-18-12-24(30)22(25(31)13-18)9-5-17-3-7-19(23(29)11-17)6-2-16-4-8-21-20(10-16)14-26(32)28(34)27(21)33/h3-4,7-8,10-14H,5,9,15H2,1H3. The Balaban J connectivity index is 1.51. The van der Waals surface area contributed by atoms with Gasteiger partial charge >= 0.3 is 0 Å². The fourth-order valence-electron chi connectivity index (χ4n) is 3.75. The van der Waals surface area contributed by atoms with E-state index in [4.69, 9.17) is 4.74 Å². The van der Waals surface area contributed by atoms with Crippen molar-refractivity contribution in [2.45, 2.75) is 19.4 Å². The summed E-state index contributed by atoms with van der Waals surface area (Å²) in [5.41, 5.74) is 1.26. The van der Waals surface area contributed by atoms with Crippen LogP contribution in [0.5, 0.6) is 0 Å². The molecule has 0 fully saturated rings. The van der Waals surface area contributed by atoms with Crippen molar-refractivity contribution >= 4 is 10.8 Å². The predicted molar refractivity (Wildman–Crippen MR) is 121 cm³/mol. The highest BCUT2D eigenvalue weighted by atomic mass is 19.2. The molecule has 4 rings (SSSR count). The van der Waals surface area contributed by atoms with Crippen LogP contribution in [0, 0.1) is 46.7 Å². The van der Waals surface area contributed by atoms with Gasteiger partial charge < -0.3 is 4.74 Å². The molecule has 0 aliphatic rings. The number of methoxy groups -OCH3 is 1. The Morgan fingerprint density at radius 3 is 2.06 bits per heavy atom. The van der Waals surface area contributed by atoms with E-state index >= 15 is 0 Å². The summed E-state index contributed by atoms with van der Waals surface area (Å²) in [7, 11) is 1.43. The molecule has 0 saturated carbocycles. The third-order valence-electron chi connectivity index (χ3n) is 5.52. The topological polar surface area (TPSA) is 9.23 Å². The van der Waals surface area contributed by atoms with Gasteiger partial charge in [-0.2, -0.15) is 0 Å². The molecular formula is C28H18F6O. The number of hydrogen-bond acceptors (Lipinski definition) is 1. The van der Waals surface area contributed by atoms with Gasteiger partial charge in [0.2, 0.25) is 0 Å². The molecule has 0 radical (unpaired) electrons. The van der Waals surface area contributed by atoms with Crippen LogP contribution < -0.4 is 0 Å². The second kappa shape index (κ2) is 10.2. The Kier molecular flexibility index (Phi) is 7.13. The lowest BCUT2D eigenvalue weighted by atomic mass is 10.0. The van der Waals surface area contributed by atoms with Crippen molar-refractivity contribution in [3.63, 3.8) is 0 Å².